The van der Waals surface area contributed by atoms with Crippen molar-refractivity contribution >= 4 is 17.7 Å². The first kappa shape index (κ1) is 14.4. The van der Waals surface area contributed by atoms with Crippen LogP contribution in [0.1, 0.15) is 12.0 Å². The van der Waals surface area contributed by atoms with Gasteiger partial charge in [0.05, 0.1) is 11.3 Å². The SMILES string of the molecule is O=C(O)CCNC(=O)NCc1ccc([N+](=O)[O-])cc1. The Bertz CT molecular complexity index is 472. The fourth-order valence-electron chi connectivity index (χ4n) is 1.26. The van der Waals surface area contributed by atoms with Crippen LogP contribution in [0, 0.1) is 10.1 Å². The van der Waals surface area contributed by atoms with Crippen LogP contribution in [-0.2, 0) is 11.3 Å². The number of aliphatic carboxylic acids is 1. The van der Waals surface area contributed by atoms with Gasteiger partial charge in [-0.1, -0.05) is 12.1 Å². The van der Waals surface area contributed by atoms with Gasteiger partial charge in [-0.05, 0) is 5.56 Å². The Labute approximate surface area is 108 Å². The maximum absolute atomic E-state index is 11.2. The van der Waals surface area contributed by atoms with Crippen LogP contribution in [0.25, 0.3) is 0 Å². The first-order valence-corrected chi connectivity index (χ1v) is 5.46. The molecule has 0 unspecified atom stereocenters. The lowest BCUT2D eigenvalue weighted by atomic mass is 10.2. The molecule has 1 aromatic carbocycles. The zero-order chi connectivity index (χ0) is 14.3. The summed E-state index contributed by atoms with van der Waals surface area (Å²) in [4.78, 5) is 31.4. The third-order valence-electron chi connectivity index (χ3n) is 2.22. The zero-order valence-electron chi connectivity index (χ0n) is 9.96. The standard InChI is InChI=1S/C11H13N3O5/c15-10(16)5-6-12-11(17)13-7-8-1-3-9(4-2-8)14(18)19/h1-4H,5-7H2,(H,15,16)(H2,12,13,17). The summed E-state index contributed by atoms with van der Waals surface area (Å²) in [5, 5.41) is 23.7. The number of benzene rings is 1. The Kier molecular flexibility index (Phi) is 5.27. The van der Waals surface area contributed by atoms with Crippen molar-refractivity contribution in [3.05, 3.63) is 39.9 Å². The van der Waals surface area contributed by atoms with Crippen molar-refractivity contribution in [1.82, 2.24) is 10.6 Å². The normalized spacial score (nSPS) is 9.68. The molecule has 0 aliphatic heterocycles. The summed E-state index contributed by atoms with van der Waals surface area (Å²) in [6.45, 7) is 0.248. The molecular formula is C11H13N3O5. The van der Waals surface area contributed by atoms with Crippen LogP contribution in [0.4, 0.5) is 10.5 Å². The Balaban J connectivity index is 2.33. The van der Waals surface area contributed by atoms with Crippen LogP contribution in [0.5, 0.6) is 0 Å². The second kappa shape index (κ2) is 6.94. The number of carboxylic acid groups (broad SMARTS) is 1. The van der Waals surface area contributed by atoms with E-state index < -0.39 is 16.9 Å². The predicted octanol–water partition coefficient (Wildman–Crippen LogP) is 0.869. The van der Waals surface area contributed by atoms with E-state index in [4.69, 9.17) is 5.11 Å². The molecule has 1 aromatic rings. The minimum absolute atomic E-state index is 0.0188. The lowest BCUT2D eigenvalue weighted by Gasteiger charge is -2.06. The highest BCUT2D eigenvalue weighted by molar-refractivity contribution is 5.74. The third-order valence-corrected chi connectivity index (χ3v) is 2.22. The first-order chi connectivity index (χ1) is 8.99. The Hall–Kier alpha value is -2.64. The highest BCUT2D eigenvalue weighted by Gasteiger charge is 2.05. The zero-order valence-corrected chi connectivity index (χ0v) is 9.96. The van der Waals surface area contributed by atoms with Gasteiger partial charge in [-0.15, -0.1) is 0 Å². The lowest BCUT2D eigenvalue weighted by molar-refractivity contribution is -0.384. The van der Waals surface area contributed by atoms with Gasteiger partial charge < -0.3 is 15.7 Å². The number of nitro benzene ring substituents is 1. The smallest absolute Gasteiger partial charge is 0.315 e. The Morgan fingerprint density at radius 3 is 2.37 bits per heavy atom. The molecule has 0 atom stereocenters. The van der Waals surface area contributed by atoms with Gasteiger partial charge in [0.25, 0.3) is 5.69 Å². The number of rotatable bonds is 6. The average molecular weight is 267 g/mol. The van der Waals surface area contributed by atoms with E-state index in [0.717, 1.165) is 0 Å². The minimum atomic E-state index is -0.990. The fraction of sp³-hybridized carbons (Fsp3) is 0.273. The maximum atomic E-state index is 11.2. The molecule has 8 heteroatoms. The van der Waals surface area contributed by atoms with Gasteiger partial charge >= 0.3 is 12.0 Å². The van der Waals surface area contributed by atoms with Crippen LogP contribution in [0.2, 0.25) is 0 Å². The molecule has 0 fully saturated rings. The molecular weight excluding hydrogens is 254 g/mol. The number of amides is 2. The number of hydrogen-bond acceptors (Lipinski definition) is 4. The van der Waals surface area contributed by atoms with Gasteiger partial charge in [-0.2, -0.15) is 0 Å². The minimum Gasteiger partial charge on any atom is -0.481 e. The third kappa shape index (κ3) is 5.48. The molecule has 0 heterocycles. The summed E-state index contributed by atoms with van der Waals surface area (Å²) < 4.78 is 0. The molecule has 0 bridgehead atoms. The second-order valence-corrected chi connectivity index (χ2v) is 3.68. The van der Waals surface area contributed by atoms with E-state index in [1.54, 1.807) is 0 Å². The van der Waals surface area contributed by atoms with Gasteiger partial charge in [0, 0.05) is 25.2 Å². The Morgan fingerprint density at radius 2 is 1.84 bits per heavy atom. The highest BCUT2D eigenvalue weighted by Crippen LogP contribution is 2.11. The van der Waals surface area contributed by atoms with Crippen molar-refractivity contribution in [2.75, 3.05) is 6.54 Å². The van der Waals surface area contributed by atoms with Gasteiger partial charge in [-0.3, -0.25) is 14.9 Å². The molecule has 0 aliphatic rings. The van der Waals surface area contributed by atoms with Crippen LogP contribution in [0.15, 0.2) is 24.3 Å². The van der Waals surface area contributed by atoms with Crippen molar-refractivity contribution in [2.45, 2.75) is 13.0 Å². The highest BCUT2D eigenvalue weighted by atomic mass is 16.6. The van der Waals surface area contributed by atoms with Crippen molar-refractivity contribution in [1.29, 1.82) is 0 Å². The summed E-state index contributed by atoms with van der Waals surface area (Å²) in [5.74, 6) is -0.990. The number of nitrogens with zero attached hydrogens (tertiary/aromatic N) is 1. The van der Waals surface area contributed by atoms with Crippen molar-refractivity contribution < 1.29 is 19.6 Å². The van der Waals surface area contributed by atoms with E-state index in [9.17, 15) is 19.7 Å². The molecule has 0 saturated heterocycles. The van der Waals surface area contributed by atoms with Gasteiger partial charge in [0.1, 0.15) is 0 Å². The van der Waals surface area contributed by atoms with Crippen molar-refractivity contribution in [3.63, 3.8) is 0 Å². The van der Waals surface area contributed by atoms with E-state index in [1.807, 2.05) is 0 Å². The lowest BCUT2D eigenvalue weighted by Crippen LogP contribution is -2.36. The van der Waals surface area contributed by atoms with E-state index in [0.29, 0.717) is 5.56 Å². The molecule has 0 radical (unpaired) electrons. The van der Waals surface area contributed by atoms with Gasteiger partial charge in [-0.25, -0.2) is 4.79 Å². The summed E-state index contributed by atoms with van der Waals surface area (Å²) in [6, 6.07) is 5.28. The fourth-order valence-corrected chi connectivity index (χ4v) is 1.26. The number of nitrogens with one attached hydrogen (secondary N) is 2. The van der Waals surface area contributed by atoms with Gasteiger partial charge in [0.15, 0.2) is 0 Å². The van der Waals surface area contributed by atoms with Crippen molar-refractivity contribution in [3.8, 4) is 0 Å². The molecule has 102 valence electrons. The first-order valence-electron chi connectivity index (χ1n) is 5.46. The Morgan fingerprint density at radius 1 is 1.21 bits per heavy atom. The number of carbonyl (C=O) groups is 2. The molecule has 0 saturated carbocycles. The summed E-state index contributed by atoms with van der Waals surface area (Å²) >= 11 is 0. The molecule has 2 amide bonds. The molecule has 0 aliphatic carbocycles. The molecule has 8 nitrogen and oxygen atoms in total. The number of non-ortho nitro benzene ring substituents is 1. The maximum Gasteiger partial charge on any atom is 0.315 e. The largest absolute Gasteiger partial charge is 0.481 e. The average Bonchev–Trinajstić information content (AvgIpc) is 2.36. The summed E-state index contributed by atoms with van der Waals surface area (Å²) in [7, 11) is 0. The van der Waals surface area contributed by atoms with Crippen molar-refractivity contribution in [2.24, 2.45) is 0 Å². The molecule has 0 aromatic heterocycles. The van der Waals surface area contributed by atoms with Crippen LogP contribution in [0.3, 0.4) is 0 Å². The number of urea groups is 1. The number of hydrogen-bond donors (Lipinski definition) is 3. The quantitative estimate of drug-likeness (QED) is 0.521. The van der Waals surface area contributed by atoms with Crippen LogP contribution >= 0.6 is 0 Å². The van der Waals surface area contributed by atoms with E-state index >= 15 is 0 Å². The predicted molar refractivity (Wildman–Crippen MR) is 65.6 cm³/mol. The molecule has 1 rings (SSSR count). The monoisotopic (exact) mass is 267 g/mol. The topological polar surface area (TPSA) is 122 Å². The summed E-state index contributed by atoms with van der Waals surface area (Å²) in [5.41, 5.74) is 0.689. The molecule has 19 heavy (non-hydrogen) atoms. The molecule has 0 spiro atoms. The summed E-state index contributed by atoms with van der Waals surface area (Å²) in [6.07, 6.45) is -0.148. The second-order valence-electron chi connectivity index (χ2n) is 3.68. The van der Waals surface area contributed by atoms with Gasteiger partial charge in [0.2, 0.25) is 0 Å². The number of carboxylic acids is 1. The number of nitro groups is 1. The van der Waals surface area contributed by atoms with E-state index in [-0.39, 0.29) is 25.2 Å². The van der Waals surface area contributed by atoms with E-state index in [2.05, 4.69) is 10.6 Å². The van der Waals surface area contributed by atoms with Crippen LogP contribution in [-0.4, -0.2) is 28.6 Å². The van der Waals surface area contributed by atoms with Crippen LogP contribution < -0.4 is 10.6 Å². The number of carbonyl (C=O) groups excluding carboxylic acids is 1. The molecule has 3 N–H and O–H groups in total. The van der Waals surface area contributed by atoms with E-state index in [1.165, 1.54) is 24.3 Å².